The van der Waals surface area contributed by atoms with Gasteiger partial charge in [-0.05, 0) is 44.4 Å². The van der Waals surface area contributed by atoms with E-state index < -0.39 is 43.0 Å². The Kier molecular flexibility index (Phi) is 13.3. The van der Waals surface area contributed by atoms with Gasteiger partial charge in [-0.2, -0.15) is 0 Å². The number of hydrogen-bond acceptors (Lipinski definition) is 11. The van der Waals surface area contributed by atoms with Crippen LogP contribution in [-0.2, 0) is 38.1 Å². The number of thioether (sulfide) groups is 1. The van der Waals surface area contributed by atoms with E-state index in [9.17, 15) is 24.0 Å². The lowest BCUT2D eigenvalue weighted by atomic mass is 9.89. The molecule has 0 aromatic rings. The highest BCUT2D eigenvalue weighted by molar-refractivity contribution is 8.13. The van der Waals surface area contributed by atoms with Crippen molar-refractivity contribution in [2.45, 2.75) is 77.2 Å². The van der Waals surface area contributed by atoms with Gasteiger partial charge in [-0.1, -0.05) is 38.5 Å². The Morgan fingerprint density at radius 1 is 0.743 bits per heavy atom. The molecular formula is C23H35NO10S. The Balaban J connectivity index is 1.68. The Labute approximate surface area is 209 Å². The second-order valence-corrected chi connectivity index (χ2v) is 9.37. The van der Waals surface area contributed by atoms with Crippen molar-refractivity contribution in [2.24, 2.45) is 11.8 Å². The number of alkyl carbamates (subject to hydrolysis) is 1. The zero-order valence-corrected chi connectivity index (χ0v) is 20.9. The summed E-state index contributed by atoms with van der Waals surface area (Å²) < 4.78 is 24.6. The molecule has 0 heterocycles. The molecule has 0 spiro atoms. The maximum Gasteiger partial charge on any atom is 0.410 e. The summed E-state index contributed by atoms with van der Waals surface area (Å²) in [4.78, 5) is 60.1. The third kappa shape index (κ3) is 11.2. The van der Waals surface area contributed by atoms with Gasteiger partial charge in [-0.3, -0.25) is 9.59 Å². The summed E-state index contributed by atoms with van der Waals surface area (Å²) in [6, 6.07) is -1.21. The van der Waals surface area contributed by atoms with Crippen molar-refractivity contribution in [2.75, 3.05) is 25.9 Å². The van der Waals surface area contributed by atoms with E-state index in [2.05, 4.69) is 5.32 Å². The molecule has 35 heavy (non-hydrogen) atoms. The molecule has 0 unspecified atom stereocenters. The quantitative estimate of drug-likeness (QED) is 0.243. The summed E-state index contributed by atoms with van der Waals surface area (Å²) in [6.45, 7) is 0.558. The molecule has 2 rings (SSSR count). The van der Waals surface area contributed by atoms with E-state index in [1.165, 1.54) is 0 Å². The van der Waals surface area contributed by atoms with E-state index in [4.69, 9.17) is 23.7 Å². The molecule has 2 aliphatic carbocycles. The highest BCUT2D eigenvalue weighted by Crippen LogP contribution is 2.25. The largest absolute Gasteiger partial charge is 0.464 e. The second-order valence-electron chi connectivity index (χ2n) is 8.42. The molecule has 2 fully saturated rings. The number of nitrogens with one attached hydrogen (secondary N) is 1. The van der Waals surface area contributed by atoms with Gasteiger partial charge >= 0.3 is 29.3 Å². The summed E-state index contributed by atoms with van der Waals surface area (Å²) in [5.74, 6) is -2.13. The molecule has 1 atom stereocenters. The van der Waals surface area contributed by atoms with E-state index in [0.29, 0.717) is 11.8 Å². The third-order valence-corrected chi connectivity index (χ3v) is 6.73. The van der Waals surface area contributed by atoms with Gasteiger partial charge < -0.3 is 29.0 Å². The molecule has 12 heteroatoms. The molecule has 1 amide bonds. The Morgan fingerprint density at radius 2 is 1.26 bits per heavy atom. The van der Waals surface area contributed by atoms with E-state index in [-0.39, 0.29) is 30.2 Å². The summed E-state index contributed by atoms with van der Waals surface area (Å²) in [7, 11) is 0. The lowest BCUT2D eigenvalue weighted by Crippen LogP contribution is -2.44. The summed E-state index contributed by atoms with van der Waals surface area (Å²) in [5.41, 5.74) is 0. The predicted octanol–water partition coefficient (Wildman–Crippen LogP) is 3.68. The minimum absolute atomic E-state index is 0.0668. The highest BCUT2D eigenvalue weighted by atomic mass is 32.2. The van der Waals surface area contributed by atoms with Crippen molar-refractivity contribution >= 4 is 41.1 Å². The van der Waals surface area contributed by atoms with Crippen LogP contribution in [0.4, 0.5) is 9.59 Å². The molecule has 2 saturated carbocycles. The van der Waals surface area contributed by atoms with Crippen LogP contribution >= 0.6 is 11.8 Å². The zero-order valence-electron chi connectivity index (χ0n) is 20.1. The van der Waals surface area contributed by atoms with Crippen LogP contribution in [0.2, 0.25) is 0 Å². The number of ether oxygens (including phenoxy) is 5. The molecular weight excluding hydrogens is 482 g/mol. The van der Waals surface area contributed by atoms with Crippen LogP contribution in [0.25, 0.3) is 0 Å². The van der Waals surface area contributed by atoms with Crippen LogP contribution in [0.15, 0.2) is 0 Å². The van der Waals surface area contributed by atoms with E-state index in [1.54, 1.807) is 6.92 Å². The average molecular weight is 518 g/mol. The summed E-state index contributed by atoms with van der Waals surface area (Å²) >= 11 is 0.607. The van der Waals surface area contributed by atoms with Gasteiger partial charge in [0, 0.05) is 5.75 Å². The van der Waals surface area contributed by atoms with Gasteiger partial charge in [0.1, 0.15) is 6.04 Å². The third-order valence-electron chi connectivity index (χ3n) is 5.88. The first-order valence-corrected chi connectivity index (χ1v) is 13.1. The molecule has 11 nitrogen and oxygen atoms in total. The molecule has 1 N–H and O–H groups in total. The number of hydrogen-bond donors (Lipinski definition) is 1. The monoisotopic (exact) mass is 517 g/mol. The molecule has 0 aromatic heterocycles. The maximum atomic E-state index is 12.1. The smallest absolute Gasteiger partial charge is 0.410 e. The number of amides is 1. The standard InChI is InChI=1S/C23H35NO10S/c1-2-30-21(27)18(24-22(28)33-14-31-19(25)16-9-5-3-6-10-16)13-35-23(29)34-15-32-20(26)17-11-7-4-8-12-17/h16-18H,2-15H2,1H3,(H,24,28)/t18-/m0/s1. The van der Waals surface area contributed by atoms with Crippen molar-refractivity contribution in [3.05, 3.63) is 0 Å². The molecule has 198 valence electrons. The fourth-order valence-electron chi connectivity index (χ4n) is 3.98. The SMILES string of the molecule is CCOC(=O)[C@H](CSC(=O)OCOC(=O)C1CCCCC1)NC(=O)OCOC(=O)C1CCCCC1. The van der Waals surface area contributed by atoms with Crippen LogP contribution < -0.4 is 5.32 Å². The van der Waals surface area contributed by atoms with Crippen LogP contribution in [-0.4, -0.2) is 61.3 Å². The van der Waals surface area contributed by atoms with Gasteiger partial charge in [-0.15, -0.1) is 0 Å². The van der Waals surface area contributed by atoms with Crippen molar-refractivity contribution in [1.82, 2.24) is 5.32 Å². The van der Waals surface area contributed by atoms with Gasteiger partial charge in [0.2, 0.25) is 13.6 Å². The molecule has 2 aliphatic rings. The van der Waals surface area contributed by atoms with Crippen LogP contribution in [0.1, 0.15) is 71.1 Å². The maximum absolute atomic E-state index is 12.1. The Morgan fingerprint density at radius 3 is 1.77 bits per heavy atom. The summed E-state index contributed by atoms with van der Waals surface area (Å²) in [6.07, 6.45) is 8.11. The highest BCUT2D eigenvalue weighted by Gasteiger charge is 2.27. The predicted molar refractivity (Wildman–Crippen MR) is 124 cm³/mol. The zero-order chi connectivity index (χ0) is 25.5. The van der Waals surface area contributed by atoms with Gasteiger partial charge in [-0.25, -0.2) is 14.4 Å². The molecule has 0 aromatic carbocycles. The number of esters is 3. The van der Waals surface area contributed by atoms with E-state index >= 15 is 0 Å². The van der Waals surface area contributed by atoms with Crippen molar-refractivity contribution in [3.8, 4) is 0 Å². The summed E-state index contributed by atoms with van der Waals surface area (Å²) in [5, 5.41) is 1.50. The van der Waals surface area contributed by atoms with Crippen molar-refractivity contribution in [3.63, 3.8) is 0 Å². The average Bonchev–Trinajstić information content (AvgIpc) is 2.87. The fraction of sp³-hybridized carbons (Fsp3) is 0.783. The van der Waals surface area contributed by atoms with E-state index in [0.717, 1.165) is 64.2 Å². The van der Waals surface area contributed by atoms with Crippen molar-refractivity contribution < 1.29 is 47.7 Å². The van der Waals surface area contributed by atoms with Gasteiger partial charge in [0.15, 0.2) is 0 Å². The van der Waals surface area contributed by atoms with Gasteiger partial charge in [0.05, 0.1) is 18.4 Å². The Bertz CT molecular complexity index is 719. The normalized spacial score (nSPS) is 17.5. The molecule has 0 aliphatic heterocycles. The topological polar surface area (TPSA) is 144 Å². The van der Waals surface area contributed by atoms with E-state index in [1.807, 2.05) is 0 Å². The minimum Gasteiger partial charge on any atom is -0.464 e. The van der Waals surface area contributed by atoms with Gasteiger partial charge in [0.25, 0.3) is 0 Å². The number of carbonyl (C=O) groups is 5. The Hall–Kier alpha value is -2.50. The van der Waals surface area contributed by atoms with Crippen LogP contribution in [0.5, 0.6) is 0 Å². The number of carbonyl (C=O) groups excluding carboxylic acids is 5. The molecule has 0 saturated heterocycles. The minimum atomic E-state index is -1.21. The molecule has 0 bridgehead atoms. The molecule has 0 radical (unpaired) electrons. The first kappa shape index (κ1) is 28.7. The van der Waals surface area contributed by atoms with Crippen LogP contribution in [0.3, 0.4) is 0 Å². The first-order chi connectivity index (χ1) is 16.9. The lowest BCUT2D eigenvalue weighted by molar-refractivity contribution is -0.159. The number of rotatable bonds is 11. The van der Waals surface area contributed by atoms with Crippen molar-refractivity contribution in [1.29, 1.82) is 0 Å². The second kappa shape index (κ2) is 16.2. The lowest BCUT2D eigenvalue weighted by Gasteiger charge is -2.20. The van der Waals surface area contributed by atoms with Crippen LogP contribution in [0, 0.1) is 11.8 Å². The first-order valence-electron chi connectivity index (χ1n) is 12.1. The fourth-order valence-corrected chi connectivity index (χ4v) is 4.63.